The summed E-state index contributed by atoms with van der Waals surface area (Å²) in [6.07, 6.45) is 3.47. The Labute approximate surface area is 201 Å². The molecule has 0 radical (unpaired) electrons. The van der Waals surface area contributed by atoms with Crippen molar-refractivity contribution in [3.8, 4) is 22.8 Å². The first-order chi connectivity index (χ1) is 16.7. The van der Waals surface area contributed by atoms with Gasteiger partial charge >= 0.3 is 0 Å². The van der Waals surface area contributed by atoms with E-state index in [1.54, 1.807) is 12.4 Å². The molecule has 5 rings (SSSR count). The van der Waals surface area contributed by atoms with E-state index in [2.05, 4.69) is 15.2 Å². The Balaban J connectivity index is 1.44. The van der Waals surface area contributed by atoms with E-state index in [-0.39, 0.29) is 11.5 Å². The van der Waals surface area contributed by atoms with Crippen LogP contribution in [0.3, 0.4) is 0 Å². The van der Waals surface area contributed by atoms with E-state index < -0.39 is 0 Å². The van der Waals surface area contributed by atoms with Crippen LogP contribution in [0.2, 0.25) is 0 Å². The van der Waals surface area contributed by atoms with Gasteiger partial charge in [0.05, 0.1) is 12.4 Å². The van der Waals surface area contributed by atoms with Crippen LogP contribution in [0, 0.1) is 0 Å². The molecular formula is C27H22N4O2S. The van der Waals surface area contributed by atoms with Crippen LogP contribution in [0.4, 0.5) is 0 Å². The second kappa shape index (κ2) is 9.89. The molecule has 2 heterocycles. The summed E-state index contributed by atoms with van der Waals surface area (Å²) in [5, 5.41) is 11.6. The number of hydrogen-bond acceptors (Lipinski definition) is 6. The van der Waals surface area contributed by atoms with E-state index in [0.29, 0.717) is 23.2 Å². The fraction of sp³-hybridized carbons (Fsp3) is 0.111. The molecule has 6 nitrogen and oxygen atoms in total. The van der Waals surface area contributed by atoms with Crippen LogP contribution in [0.15, 0.2) is 96.4 Å². The predicted molar refractivity (Wildman–Crippen MR) is 135 cm³/mol. The number of nitrogens with zero attached hydrogens (tertiary/aromatic N) is 4. The van der Waals surface area contributed by atoms with Crippen LogP contribution in [-0.4, -0.2) is 37.9 Å². The number of carbonyl (C=O) groups is 1. The maximum atomic E-state index is 13.0. The third kappa shape index (κ3) is 4.56. The molecule has 0 fully saturated rings. The van der Waals surface area contributed by atoms with Crippen LogP contribution < -0.4 is 4.74 Å². The Morgan fingerprint density at radius 1 is 0.941 bits per heavy atom. The van der Waals surface area contributed by atoms with Gasteiger partial charge in [-0.3, -0.25) is 14.3 Å². The molecule has 0 N–H and O–H groups in total. The molecule has 0 atom stereocenters. The van der Waals surface area contributed by atoms with Gasteiger partial charge in [0.2, 0.25) is 0 Å². The third-order valence-electron chi connectivity index (χ3n) is 5.36. The molecule has 0 bridgehead atoms. The van der Waals surface area contributed by atoms with Crippen molar-refractivity contribution in [1.29, 1.82) is 0 Å². The van der Waals surface area contributed by atoms with Crippen molar-refractivity contribution in [1.82, 2.24) is 19.7 Å². The van der Waals surface area contributed by atoms with Gasteiger partial charge < -0.3 is 4.74 Å². The summed E-state index contributed by atoms with van der Waals surface area (Å²) in [5.74, 6) is 1.75. The summed E-state index contributed by atoms with van der Waals surface area (Å²) in [7, 11) is 0. The first-order valence-electron chi connectivity index (χ1n) is 11.0. The van der Waals surface area contributed by atoms with Crippen molar-refractivity contribution in [3.05, 3.63) is 96.8 Å². The molecule has 0 aliphatic heterocycles. The highest BCUT2D eigenvalue weighted by Crippen LogP contribution is 2.29. The Hall–Kier alpha value is -3.97. The quantitative estimate of drug-likeness (QED) is 0.211. The summed E-state index contributed by atoms with van der Waals surface area (Å²) in [5.41, 5.74) is 2.41. The molecule has 0 spiro atoms. The lowest BCUT2D eigenvalue weighted by molar-refractivity contribution is 0.102. The minimum Gasteiger partial charge on any atom is -0.494 e. The number of thioether (sulfide) groups is 1. The van der Waals surface area contributed by atoms with E-state index >= 15 is 0 Å². The van der Waals surface area contributed by atoms with Crippen LogP contribution in [0.25, 0.3) is 27.8 Å². The topological polar surface area (TPSA) is 69.9 Å². The predicted octanol–water partition coefficient (Wildman–Crippen LogP) is 5.86. The van der Waals surface area contributed by atoms with Crippen molar-refractivity contribution < 1.29 is 9.53 Å². The Bertz CT molecular complexity index is 1430. The number of ether oxygens (including phenoxy) is 1. The van der Waals surface area contributed by atoms with E-state index in [0.717, 1.165) is 27.8 Å². The largest absolute Gasteiger partial charge is 0.494 e. The van der Waals surface area contributed by atoms with Gasteiger partial charge in [0.25, 0.3) is 0 Å². The number of fused-ring (bicyclic) bond motifs is 1. The Morgan fingerprint density at radius 2 is 1.76 bits per heavy atom. The van der Waals surface area contributed by atoms with Gasteiger partial charge in [-0.05, 0) is 60.2 Å². The molecule has 168 valence electrons. The smallest absolute Gasteiger partial charge is 0.196 e. The van der Waals surface area contributed by atoms with Crippen molar-refractivity contribution >= 4 is 28.3 Å². The number of Topliss-reactive ketones (excluding diaryl/α,β-unsaturated/α-hetero) is 1. The normalized spacial score (nSPS) is 11.0. The Kier molecular flexibility index (Phi) is 6.35. The van der Waals surface area contributed by atoms with Gasteiger partial charge in [-0.15, -0.1) is 10.2 Å². The van der Waals surface area contributed by atoms with Gasteiger partial charge in [0.15, 0.2) is 16.8 Å². The minimum atomic E-state index is 0.0416. The molecule has 5 aromatic rings. The van der Waals surface area contributed by atoms with Gasteiger partial charge in [0.1, 0.15) is 5.75 Å². The second-order valence-electron chi connectivity index (χ2n) is 7.58. The molecule has 7 heteroatoms. The van der Waals surface area contributed by atoms with E-state index in [4.69, 9.17) is 4.74 Å². The van der Waals surface area contributed by atoms with Crippen molar-refractivity contribution in [2.45, 2.75) is 12.1 Å². The number of aromatic nitrogens is 4. The summed E-state index contributed by atoms with van der Waals surface area (Å²) < 4.78 is 7.53. The van der Waals surface area contributed by atoms with Crippen LogP contribution in [-0.2, 0) is 0 Å². The number of carbonyl (C=O) groups excluding carboxylic acids is 1. The number of pyridine rings is 1. The van der Waals surface area contributed by atoms with Gasteiger partial charge in [0, 0.05) is 29.2 Å². The molecule has 0 amide bonds. The van der Waals surface area contributed by atoms with E-state index in [1.165, 1.54) is 11.8 Å². The first kappa shape index (κ1) is 21.9. The van der Waals surface area contributed by atoms with Crippen LogP contribution in [0.1, 0.15) is 17.3 Å². The highest BCUT2D eigenvalue weighted by Gasteiger charge is 2.18. The zero-order chi connectivity index (χ0) is 23.3. The monoisotopic (exact) mass is 466 g/mol. The summed E-state index contributed by atoms with van der Waals surface area (Å²) in [4.78, 5) is 17.2. The van der Waals surface area contributed by atoms with Crippen LogP contribution >= 0.6 is 11.8 Å². The number of rotatable bonds is 8. The molecule has 0 unspecified atom stereocenters. The number of ketones is 1. The molecule has 0 aliphatic carbocycles. The highest BCUT2D eigenvalue weighted by atomic mass is 32.2. The standard InChI is InChI=1S/C27H22N4O2S/c1-2-33-24-13-11-23(12-14-24)31-26(22-8-5-15-28-17-22)29-30-27(31)34-18-25(32)21-10-9-19-6-3-4-7-20(19)16-21/h3-17H,2,18H2,1H3. The molecule has 34 heavy (non-hydrogen) atoms. The molecular weight excluding hydrogens is 444 g/mol. The molecule has 3 aromatic carbocycles. The lowest BCUT2D eigenvalue weighted by Gasteiger charge is -2.11. The van der Waals surface area contributed by atoms with Gasteiger partial charge in [-0.25, -0.2) is 0 Å². The van der Waals surface area contributed by atoms with Crippen molar-refractivity contribution in [2.24, 2.45) is 0 Å². The average Bonchev–Trinajstić information content (AvgIpc) is 3.32. The molecule has 0 aliphatic rings. The van der Waals surface area contributed by atoms with Gasteiger partial charge in [-0.1, -0.05) is 48.2 Å². The number of benzene rings is 3. The zero-order valence-electron chi connectivity index (χ0n) is 18.6. The average molecular weight is 467 g/mol. The fourth-order valence-corrected chi connectivity index (χ4v) is 4.56. The third-order valence-corrected chi connectivity index (χ3v) is 6.29. The lowest BCUT2D eigenvalue weighted by Crippen LogP contribution is -2.05. The minimum absolute atomic E-state index is 0.0416. The summed E-state index contributed by atoms with van der Waals surface area (Å²) in [6.45, 7) is 2.56. The SMILES string of the molecule is CCOc1ccc(-n2c(SCC(=O)c3ccc4ccccc4c3)nnc2-c2cccnc2)cc1. The fourth-order valence-electron chi connectivity index (χ4n) is 3.71. The molecule has 0 saturated carbocycles. The first-order valence-corrected chi connectivity index (χ1v) is 12.0. The highest BCUT2D eigenvalue weighted by molar-refractivity contribution is 7.99. The van der Waals surface area contributed by atoms with Crippen molar-refractivity contribution in [2.75, 3.05) is 12.4 Å². The summed E-state index contributed by atoms with van der Waals surface area (Å²) in [6, 6.07) is 25.4. The Morgan fingerprint density at radius 3 is 2.53 bits per heavy atom. The zero-order valence-corrected chi connectivity index (χ0v) is 19.4. The number of hydrogen-bond donors (Lipinski definition) is 0. The van der Waals surface area contributed by atoms with Gasteiger partial charge in [-0.2, -0.15) is 0 Å². The molecule has 0 saturated heterocycles. The second-order valence-corrected chi connectivity index (χ2v) is 8.53. The summed E-state index contributed by atoms with van der Waals surface area (Å²) >= 11 is 1.37. The maximum Gasteiger partial charge on any atom is 0.196 e. The van der Waals surface area contributed by atoms with E-state index in [1.807, 2.05) is 90.4 Å². The maximum absolute atomic E-state index is 13.0. The van der Waals surface area contributed by atoms with Crippen LogP contribution in [0.5, 0.6) is 5.75 Å². The molecule has 2 aromatic heterocycles. The van der Waals surface area contributed by atoms with Crippen molar-refractivity contribution in [3.63, 3.8) is 0 Å². The lowest BCUT2D eigenvalue weighted by atomic mass is 10.1. The van der Waals surface area contributed by atoms with E-state index in [9.17, 15) is 4.79 Å².